The number of hydrogen-bond acceptors (Lipinski definition) is 2. The minimum Gasteiger partial charge on any atom is -1.00 e. The van der Waals surface area contributed by atoms with Crippen LogP contribution < -0.4 is 12.4 Å². The van der Waals surface area contributed by atoms with Crippen LogP contribution in [-0.2, 0) is 28.3 Å². The number of aliphatic hydroxyl groups excluding tert-OH is 1. The van der Waals surface area contributed by atoms with E-state index < -0.39 is 0 Å². The van der Waals surface area contributed by atoms with E-state index in [4.69, 9.17) is 9.52 Å². The number of furan rings is 1. The molecule has 3 aromatic rings. The molecule has 0 unspecified atom stereocenters. The second-order valence-corrected chi connectivity index (χ2v) is 3.16. The first-order chi connectivity index (χ1) is 8.43. The largest absolute Gasteiger partial charge is 3.00 e. The Bertz CT molecular complexity index is 358. The van der Waals surface area contributed by atoms with Crippen LogP contribution in [0.25, 0.3) is 0 Å². The average molecular weight is 312 g/mol. The summed E-state index contributed by atoms with van der Waals surface area (Å²) in [7, 11) is 0. The second-order valence-electron chi connectivity index (χ2n) is 3.16. The minimum absolute atomic E-state index is 0. The summed E-state index contributed by atoms with van der Waals surface area (Å²) in [5.74, 6) is 0.611. The Morgan fingerprint density at radius 3 is 1.53 bits per heavy atom. The third kappa shape index (κ3) is 11.8. The van der Waals surface area contributed by atoms with Gasteiger partial charge in [0.2, 0.25) is 0 Å². The van der Waals surface area contributed by atoms with Gasteiger partial charge in [-0.1, -0.05) is 0 Å². The molecule has 0 atom stereocenters. The monoisotopic (exact) mass is 311 g/mol. The zero-order valence-electron chi connectivity index (χ0n) is 10.4. The van der Waals surface area contributed by atoms with Crippen LogP contribution in [0.4, 0.5) is 0 Å². The van der Waals surface area contributed by atoms with E-state index in [1.807, 2.05) is 60.7 Å². The molecule has 1 N–H and O–H groups in total. The molecule has 0 aliphatic heterocycles. The Hall–Kier alpha value is -1.06. The summed E-state index contributed by atoms with van der Waals surface area (Å²) in [6.07, 6.45) is 1.53. The maximum absolute atomic E-state index is 8.33. The molecule has 99 valence electrons. The van der Waals surface area contributed by atoms with Gasteiger partial charge in [0.25, 0.3) is 0 Å². The fourth-order valence-electron chi connectivity index (χ4n) is 1.04. The molecule has 0 fully saturated rings. The summed E-state index contributed by atoms with van der Waals surface area (Å²) < 4.78 is 4.73. The Kier molecular flexibility index (Phi) is 16.0. The molecular formula is C15H16ClO2Ti. The number of aliphatic hydroxyl groups is 1. The molecule has 1 heterocycles. The van der Waals surface area contributed by atoms with Crippen LogP contribution in [0.3, 0.4) is 0 Å². The van der Waals surface area contributed by atoms with Crippen molar-refractivity contribution in [1.29, 1.82) is 0 Å². The van der Waals surface area contributed by atoms with Gasteiger partial charge >= 0.3 is 21.7 Å². The molecule has 0 aliphatic rings. The van der Waals surface area contributed by atoms with Crippen LogP contribution in [-0.4, -0.2) is 5.11 Å². The van der Waals surface area contributed by atoms with Crippen molar-refractivity contribution in [1.82, 2.24) is 0 Å². The van der Waals surface area contributed by atoms with Gasteiger partial charge in [-0.3, -0.25) is 0 Å². The molecule has 0 saturated carbocycles. The van der Waals surface area contributed by atoms with Crippen molar-refractivity contribution in [3.63, 3.8) is 0 Å². The van der Waals surface area contributed by atoms with E-state index in [1.165, 1.54) is 6.26 Å². The summed E-state index contributed by atoms with van der Waals surface area (Å²) in [5.41, 5.74) is 0. The first kappa shape index (κ1) is 20.3. The quantitative estimate of drug-likeness (QED) is 0.527. The van der Waals surface area contributed by atoms with Crippen molar-refractivity contribution in [2.24, 2.45) is 0 Å². The molecule has 3 rings (SSSR count). The molecule has 4 heteroatoms. The van der Waals surface area contributed by atoms with E-state index in [0.29, 0.717) is 5.76 Å². The Balaban J connectivity index is 0. The van der Waals surface area contributed by atoms with Crippen LogP contribution in [0.1, 0.15) is 5.76 Å². The van der Waals surface area contributed by atoms with Gasteiger partial charge in [0.1, 0.15) is 12.4 Å². The van der Waals surface area contributed by atoms with Gasteiger partial charge in [-0.25, -0.2) is 24.3 Å². The van der Waals surface area contributed by atoms with Crippen molar-refractivity contribution in [2.75, 3.05) is 0 Å². The predicted octanol–water partition coefficient (Wildman–Crippen LogP) is 0.584. The smallest absolute Gasteiger partial charge is 1.00 e. The van der Waals surface area contributed by atoms with Crippen molar-refractivity contribution < 1.29 is 43.6 Å². The maximum Gasteiger partial charge on any atom is 3.00 e. The molecule has 0 amide bonds. The summed E-state index contributed by atoms with van der Waals surface area (Å²) in [6, 6.07) is 23.5. The first-order valence-electron chi connectivity index (χ1n) is 5.40. The second kappa shape index (κ2) is 15.0. The van der Waals surface area contributed by atoms with Crippen molar-refractivity contribution in [3.05, 3.63) is 84.8 Å². The number of rotatable bonds is 1. The zero-order chi connectivity index (χ0) is 12.2. The molecular weight excluding hydrogens is 295 g/mol. The van der Waals surface area contributed by atoms with Gasteiger partial charge in [-0.05, 0) is 12.1 Å². The van der Waals surface area contributed by atoms with Crippen LogP contribution >= 0.6 is 0 Å². The molecule has 0 aliphatic carbocycles. The van der Waals surface area contributed by atoms with E-state index in [2.05, 4.69) is 0 Å². The fraction of sp³-hybridized carbons (Fsp3) is 0.0667. The van der Waals surface area contributed by atoms with Gasteiger partial charge in [0.05, 0.1) is 6.26 Å². The van der Waals surface area contributed by atoms with E-state index in [0.717, 1.165) is 0 Å². The predicted molar refractivity (Wildman–Crippen MR) is 68.7 cm³/mol. The number of hydrogen-bond donors (Lipinski definition) is 1. The van der Waals surface area contributed by atoms with E-state index in [-0.39, 0.29) is 40.7 Å². The zero-order valence-corrected chi connectivity index (χ0v) is 12.8. The fourth-order valence-corrected chi connectivity index (χ4v) is 1.04. The minimum atomic E-state index is -0.00694. The van der Waals surface area contributed by atoms with E-state index >= 15 is 0 Å². The average Bonchev–Trinajstić information content (AvgIpc) is 3.13. The van der Waals surface area contributed by atoms with Crippen LogP contribution in [0.2, 0.25) is 0 Å². The molecule has 19 heavy (non-hydrogen) atoms. The van der Waals surface area contributed by atoms with Gasteiger partial charge in [-0.15, -0.1) is 0 Å². The topological polar surface area (TPSA) is 33.4 Å². The van der Waals surface area contributed by atoms with E-state index in [9.17, 15) is 0 Å². The molecule has 2 nitrogen and oxygen atoms in total. The van der Waals surface area contributed by atoms with Crippen molar-refractivity contribution in [3.8, 4) is 0 Å². The molecule has 0 spiro atoms. The van der Waals surface area contributed by atoms with Gasteiger partial charge in [0, 0.05) is 0 Å². The normalized spacial score (nSPS) is 7.63. The van der Waals surface area contributed by atoms with Crippen LogP contribution in [0.5, 0.6) is 0 Å². The third-order valence-electron chi connectivity index (χ3n) is 1.85. The first-order valence-corrected chi connectivity index (χ1v) is 5.40. The SMILES string of the molecule is OCc1ccco1.[Cl-].[Ti+3].c1cc[cH-]c1.c1cc[cH-]c1. The summed E-state index contributed by atoms with van der Waals surface area (Å²) >= 11 is 0. The standard InChI is InChI=1S/C5H6O2.2C5H5.ClH.Ti/c6-4-5-2-1-3-7-5;2*1-2-4-5-3-1;;/h1-3,6H,4H2;2*1-5H;1H;/q;2*-1;;+3/p-1. The van der Waals surface area contributed by atoms with Crippen molar-refractivity contribution >= 4 is 0 Å². The Morgan fingerprint density at radius 1 is 0.895 bits per heavy atom. The van der Waals surface area contributed by atoms with Gasteiger partial charge in [0.15, 0.2) is 0 Å². The molecule has 1 aromatic heterocycles. The third-order valence-corrected chi connectivity index (χ3v) is 1.85. The summed E-state index contributed by atoms with van der Waals surface area (Å²) in [5, 5.41) is 8.33. The van der Waals surface area contributed by atoms with Crippen LogP contribution in [0.15, 0.2) is 83.5 Å². The molecule has 0 bridgehead atoms. The van der Waals surface area contributed by atoms with Gasteiger partial charge in [-0.2, -0.15) is 36.4 Å². The molecule has 0 saturated heterocycles. The maximum atomic E-state index is 8.33. The Labute approximate surface area is 135 Å². The summed E-state index contributed by atoms with van der Waals surface area (Å²) in [4.78, 5) is 0. The van der Waals surface area contributed by atoms with Crippen LogP contribution in [0, 0.1) is 0 Å². The molecule has 2 aromatic carbocycles. The molecule has 1 radical (unpaired) electrons. The summed E-state index contributed by atoms with van der Waals surface area (Å²) in [6.45, 7) is -0.00694. The van der Waals surface area contributed by atoms with E-state index in [1.54, 1.807) is 12.1 Å². The number of halogens is 1. The Morgan fingerprint density at radius 2 is 1.37 bits per heavy atom. The van der Waals surface area contributed by atoms with Crippen molar-refractivity contribution in [2.45, 2.75) is 6.61 Å². The van der Waals surface area contributed by atoms with Gasteiger partial charge < -0.3 is 21.9 Å².